The standard InChI is InChI=1S/C3H7.La/c1-3-2;/h3H,1-2H3;/q-1;. The smallest absolute Gasteiger partial charge is 0 e. The van der Waals surface area contributed by atoms with Gasteiger partial charge in [-0.05, 0) is 0 Å². The quantitative estimate of drug-likeness (QED) is 0.494. The average Bonchev–Trinajstić information content (AvgIpc) is 0.918. The maximum atomic E-state index is 2.00. The molecule has 4 heavy (non-hydrogen) atoms. The number of hydrogen-bond donors (Lipinski definition) is 0. The van der Waals surface area contributed by atoms with Crippen molar-refractivity contribution in [2.75, 3.05) is 0 Å². The summed E-state index contributed by atoms with van der Waals surface area (Å²) in [6.07, 6.45) is 2.00. The first-order chi connectivity index (χ1) is 1.41. The van der Waals surface area contributed by atoms with Crippen molar-refractivity contribution in [3.05, 3.63) is 6.42 Å². The molecule has 0 bridgehead atoms. The Bertz CT molecular complexity index is 3.25. The molecule has 0 aromatic heterocycles. The molecule has 0 unspecified atom stereocenters. The third-order valence-electron chi connectivity index (χ3n) is 0. The fraction of sp³-hybridized carbons (Fsp3) is 0.667. The zero-order valence-corrected chi connectivity index (χ0v) is 6.78. The SMILES string of the molecule is C[CH-]C.[La]. The normalized spacial score (nSPS) is 4.50. The molecule has 0 aliphatic rings. The Morgan fingerprint density at radius 2 is 1.25 bits per heavy atom. The molecule has 1 heteroatoms. The van der Waals surface area contributed by atoms with Crippen molar-refractivity contribution in [3.63, 3.8) is 0 Å². The van der Waals surface area contributed by atoms with Crippen molar-refractivity contribution in [2.24, 2.45) is 0 Å². The molecule has 1 radical (unpaired) electrons. The monoisotopic (exact) mass is 182 g/mol. The molecule has 0 saturated carbocycles. The summed E-state index contributed by atoms with van der Waals surface area (Å²) in [5.74, 6) is 0. The molecule has 0 heterocycles. The van der Waals surface area contributed by atoms with Crippen LogP contribution in [0.1, 0.15) is 13.8 Å². The molecule has 0 N–H and O–H groups in total. The molecular formula is C3H7La-. The predicted molar refractivity (Wildman–Crippen MR) is 15.6 cm³/mol. The molecule has 0 aliphatic carbocycles. The first-order valence-corrected chi connectivity index (χ1v) is 1.15. The Kier molecular flexibility index (Phi) is 19.9. The van der Waals surface area contributed by atoms with Crippen LogP contribution in [0, 0.1) is 42.0 Å². The van der Waals surface area contributed by atoms with Gasteiger partial charge in [0.2, 0.25) is 0 Å². The van der Waals surface area contributed by atoms with Gasteiger partial charge in [0, 0.05) is 35.6 Å². The van der Waals surface area contributed by atoms with E-state index in [0.29, 0.717) is 0 Å². The van der Waals surface area contributed by atoms with Crippen LogP contribution in [0.25, 0.3) is 0 Å². The van der Waals surface area contributed by atoms with Gasteiger partial charge >= 0.3 is 0 Å². The van der Waals surface area contributed by atoms with E-state index in [0.717, 1.165) is 0 Å². The fourth-order valence-electron chi connectivity index (χ4n) is 0. The minimum absolute atomic E-state index is 0. The summed E-state index contributed by atoms with van der Waals surface area (Å²) in [5, 5.41) is 0. The van der Waals surface area contributed by atoms with Crippen LogP contribution in [0.2, 0.25) is 0 Å². The number of rotatable bonds is 0. The van der Waals surface area contributed by atoms with E-state index in [1.54, 1.807) is 0 Å². The van der Waals surface area contributed by atoms with E-state index in [9.17, 15) is 0 Å². The first-order valence-electron chi connectivity index (χ1n) is 1.15. The number of hydrogen-bond acceptors (Lipinski definition) is 0. The summed E-state index contributed by atoms with van der Waals surface area (Å²) in [5.41, 5.74) is 0. The Morgan fingerprint density at radius 3 is 1.25 bits per heavy atom. The van der Waals surface area contributed by atoms with Crippen molar-refractivity contribution in [3.8, 4) is 0 Å². The summed E-state index contributed by atoms with van der Waals surface area (Å²) in [7, 11) is 0. The third kappa shape index (κ3) is 10.8. The van der Waals surface area contributed by atoms with Crippen molar-refractivity contribution in [1.82, 2.24) is 0 Å². The molecule has 0 rings (SSSR count). The summed E-state index contributed by atoms with van der Waals surface area (Å²) in [4.78, 5) is 0. The van der Waals surface area contributed by atoms with Gasteiger partial charge in [-0.25, -0.2) is 0 Å². The second kappa shape index (κ2) is 8.89. The maximum Gasteiger partial charge on any atom is 0 e. The summed E-state index contributed by atoms with van der Waals surface area (Å²) in [6, 6.07) is 0. The zero-order chi connectivity index (χ0) is 2.71. The van der Waals surface area contributed by atoms with Gasteiger partial charge in [0.15, 0.2) is 0 Å². The Hall–Kier alpha value is 1.19. The average molecular weight is 182 g/mol. The van der Waals surface area contributed by atoms with Gasteiger partial charge in [0.05, 0.1) is 0 Å². The minimum atomic E-state index is 0. The molecule has 0 saturated heterocycles. The predicted octanol–water partition coefficient (Wildman–Crippen LogP) is 1.23. The van der Waals surface area contributed by atoms with Gasteiger partial charge in [0.25, 0.3) is 0 Å². The van der Waals surface area contributed by atoms with Crippen LogP contribution in [0.4, 0.5) is 0 Å². The van der Waals surface area contributed by atoms with E-state index in [2.05, 4.69) is 0 Å². The van der Waals surface area contributed by atoms with E-state index in [1.807, 2.05) is 20.3 Å². The molecule has 0 spiro atoms. The van der Waals surface area contributed by atoms with Crippen molar-refractivity contribution in [1.29, 1.82) is 0 Å². The minimum Gasteiger partial charge on any atom is -0.335 e. The fourth-order valence-corrected chi connectivity index (χ4v) is 0. The largest absolute Gasteiger partial charge is 0.335 e. The van der Waals surface area contributed by atoms with Crippen molar-refractivity contribution >= 4 is 0 Å². The van der Waals surface area contributed by atoms with Gasteiger partial charge in [0.1, 0.15) is 0 Å². The Balaban J connectivity index is 0. The molecule has 0 atom stereocenters. The second-order valence-electron chi connectivity index (χ2n) is 0.577. The van der Waals surface area contributed by atoms with Crippen LogP contribution in [-0.2, 0) is 0 Å². The molecule has 0 aliphatic heterocycles. The topological polar surface area (TPSA) is 0 Å². The molecule has 0 amide bonds. The Morgan fingerprint density at radius 1 is 1.25 bits per heavy atom. The van der Waals surface area contributed by atoms with E-state index < -0.39 is 0 Å². The first kappa shape index (κ1) is 8.96. The molecule has 0 fully saturated rings. The molecule has 0 aromatic rings. The van der Waals surface area contributed by atoms with Crippen LogP contribution in [-0.4, -0.2) is 0 Å². The summed E-state index contributed by atoms with van der Waals surface area (Å²) >= 11 is 0. The van der Waals surface area contributed by atoms with Crippen LogP contribution in [0.3, 0.4) is 0 Å². The van der Waals surface area contributed by atoms with Gasteiger partial charge in [-0.15, -0.1) is 0 Å². The van der Waals surface area contributed by atoms with Gasteiger partial charge in [-0.2, -0.15) is 13.8 Å². The van der Waals surface area contributed by atoms with Crippen molar-refractivity contribution in [2.45, 2.75) is 13.8 Å². The van der Waals surface area contributed by atoms with Crippen LogP contribution < -0.4 is 0 Å². The van der Waals surface area contributed by atoms with Crippen LogP contribution >= 0.6 is 0 Å². The second-order valence-corrected chi connectivity index (χ2v) is 0.577. The van der Waals surface area contributed by atoms with Gasteiger partial charge in [-0.3, -0.25) is 0 Å². The molecule has 23 valence electrons. The third-order valence-corrected chi connectivity index (χ3v) is 0. The van der Waals surface area contributed by atoms with E-state index >= 15 is 0 Å². The van der Waals surface area contributed by atoms with Gasteiger partial charge < -0.3 is 6.42 Å². The van der Waals surface area contributed by atoms with E-state index in [1.165, 1.54) is 0 Å². The van der Waals surface area contributed by atoms with Crippen LogP contribution in [0.15, 0.2) is 0 Å². The van der Waals surface area contributed by atoms with E-state index in [-0.39, 0.29) is 35.6 Å². The van der Waals surface area contributed by atoms with Crippen LogP contribution in [0.5, 0.6) is 0 Å². The molecule has 0 nitrogen and oxygen atoms in total. The summed E-state index contributed by atoms with van der Waals surface area (Å²) in [6.45, 7) is 4.00. The maximum absolute atomic E-state index is 2.00. The Labute approximate surface area is 55.6 Å². The summed E-state index contributed by atoms with van der Waals surface area (Å²) < 4.78 is 0. The van der Waals surface area contributed by atoms with Gasteiger partial charge in [-0.1, -0.05) is 0 Å². The molecule has 0 aromatic carbocycles. The van der Waals surface area contributed by atoms with Crippen molar-refractivity contribution < 1.29 is 35.6 Å². The zero-order valence-electron chi connectivity index (χ0n) is 3.15. The molecular weight excluding hydrogens is 175 g/mol. The van der Waals surface area contributed by atoms with E-state index in [4.69, 9.17) is 0 Å².